The van der Waals surface area contributed by atoms with Crippen LogP contribution in [0.2, 0.25) is 0 Å². The van der Waals surface area contributed by atoms with E-state index in [9.17, 15) is 8.42 Å². The second-order valence-electron chi connectivity index (χ2n) is 4.72. The molecule has 1 aromatic rings. The van der Waals surface area contributed by atoms with Crippen molar-refractivity contribution in [1.82, 2.24) is 4.31 Å². The lowest BCUT2D eigenvalue weighted by Gasteiger charge is -2.30. The summed E-state index contributed by atoms with van der Waals surface area (Å²) < 4.78 is 37.2. The normalized spacial score (nSPS) is 20.9. The lowest BCUT2D eigenvalue weighted by Crippen LogP contribution is -2.44. The van der Waals surface area contributed by atoms with Crippen LogP contribution in [0.4, 0.5) is 0 Å². The highest BCUT2D eigenvalue weighted by Gasteiger charge is 2.29. The quantitative estimate of drug-likeness (QED) is 0.879. The number of rotatable bonds is 4. The van der Waals surface area contributed by atoms with Crippen molar-refractivity contribution < 1.29 is 17.9 Å². The molecule has 0 spiro atoms. The first-order chi connectivity index (χ1) is 9.48. The molecule has 112 valence electrons. The minimum atomic E-state index is -3.51. The summed E-state index contributed by atoms with van der Waals surface area (Å²) >= 11 is 0. The summed E-state index contributed by atoms with van der Waals surface area (Å²) in [6.07, 6.45) is -0.0919. The number of nitrogens with zero attached hydrogens (tertiary/aromatic N) is 1. The predicted octanol–water partition coefficient (Wildman–Crippen LogP) is 0.563. The maximum Gasteiger partial charge on any atom is 0.243 e. The van der Waals surface area contributed by atoms with E-state index < -0.39 is 10.0 Å². The summed E-state index contributed by atoms with van der Waals surface area (Å²) in [5.74, 6) is 0.599. The third kappa shape index (κ3) is 2.95. The van der Waals surface area contributed by atoms with Gasteiger partial charge < -0.3 is 15.2 Å². The Labute approximate surface area is 119 Å². The van der Waals surface area contributed by atoms with E-state index in [4.69, 9.17) is 15.2 Å². The van der Waals surface area contributed by atoms with Gasteiger partial charge in [-0.15, -0.1) is 0 Å². The molecule has 0 bridgehead atoms. The molecule has 20 heavy (non-hydrogen) atoms. The molecular weight excluding hydrogens is 280 g/mol. The lowest BCUT2D eigenvalue weighted by atomic mass is 10.2. The summed E-state index contributed by atoms with van der Waals surface area (Å²) in [4.78, 5) is 0.243. The second-order valence-corrected chi connectivity index (χ2v) is 6.66. The summed E-state index contributed by atoms with van der Waals surface area (Å²) in [5.41, 5.74) is 6.31. The Morgan fingerprint density at radius 2 is 2.25 bits per heavy atom. The van der Waals surface area contributed by atoms with Crippen LogP contribution in [-0.2, 0) is 21.3 Å². The van der Waals surface area contributed by atoms with Gasteiger partial charge in [0.25, 0.3) is 0 Å². The van der Waals surface area contributed by atoms with Gasteiger partial charge in [0, 0.05) is 25.2 Å². The van der Waals surface area contributed by atoms with Crippen molar-refractivity contribution in [2.45, 2.75) is 24.5 Å². The number of methoxy groups -OCH3 is 1. The molecule has 0 aromatic heterocycles. The molecule has 6 nitrogen and oxygen atoms in total. The molecule has 0 saturated carbocycles. The second kappa shape index (κ2) is 6.09. The molecule has 1 unspecified atom stereocenters. The molecule has 7 heteroatoms. The predicted molar refractivity (Wildman–Crippen MR) is 75.1 cm³/mol. The molecule has 1 aliphatic heterocycles. The minimum absolute atomic E-state index is 0.0919. The van der Waals surface area contributed by atoms with Crippen molar-refractivity contribution in [2.75, 3.05) is 26.8 Å². The van der Waals surface area contributed by atoms with Crippen molar-refractivity contribution in [3.63, 3.8) is 0 Å². The number of hydrogen-bond acceptors (Lipinski definition) is 5. The summed E-state index contributed by atoms with van der Waals surface area (Å²) in [5, 5.41) is 0. The Morgan fingerprint density at radius 1 is 1.50 bits per heavy atom. The zero-order valence-corrected chi connectivity index (χ0v) is 12.5. The SMILES string of the molecule is COc1ccc(S(=O)(=O)N2CCOC(C)C2)cc1CN. The average molecular weight is 300 g/mol. The first-order valence-electron chi connectivity index (χ1n) is 6.47. The van der Waals surface area contributed by atoms with Crippen LogP contribution in [0.15, 0.2) is 23.1 Å². The molecule has 1 aliphatic rings. The van der Waals surface area contributed by atoms with E-state index in [2.05, 4.69) is 0 Å². The average Bonchev–Trinajstić information content (AvgIpc) is 2.46. The fraction of sp³-hybridized carbons (Fsp3) is 0.538. The van der Waals surface area contributed by atoms with Crippen LogP contribution >= 0.6 is 0 Å². The van der Waals surface area contributed by atoms with Gasteiger partial charge in [0.2, 0.25) is 10.0 Å². The van der Waals surface area contributed by atoms with E-state index in [1.54, 1.807) is 18.2 Å². The van der Waals surface area contributed by atoms with Gasteiger partial charge in [-0.25, -0.2) is 8.42 Å². The van der Waals surface area contributed by atoms with Gasteiger partial charge in [0.05, 0.1) is 24.7 Å². The van der Waals surface area contributed by atoms with E-state index in [1.807, 2.05) is 6.92 Å². The monoisotopic (exact) mass is 300 g/mol. The third-order valence-corrected chi connectivity index (χ3v) is 5.17. The van der Waals surface area contributed by atoms with Gasteiger partial charge in [0.15, 0.2) is 0 Å². The molecule has 2 rings (SSSR count). The van der Waals surface area contributed by atoms with Gasteiger partial charge in [-0.2, -0.15) is 4.31 Å². The first kappa shape index (κ1) is 15.2. The Balaban J connectivity index is 2.34. The minimum Gasteiger partial charge on any atom is -0.496 e. The smallest absolute Gasteiger partial charge is 0.243 e. The van der Waals surface area contributed by atoms with Gasteiger partial charge in [-0.3, -0.25) is 0 Å². The van der Waals surface area contributed by atoms with Gasteiger partial charge >= 0.3 is 0 Å². The molecule has 0 amide bonds. The van der Waals surface area contributed by atoms with Gasteiger partial charge in [0.1, 0.15) is 5.75 Å². The Kier molecular flexibility index (Phi) is 4.64. The van der Waals surface area contributed by atoms with Gasteiger partial charge in [-0.05, 0) is 25.1 Å². The van der Waals surface area contributed by atoms with Crippen LogP contribution < -0.4 is 10.5 Å². The maximum atomic E-state index is 12.6. The molecule has 1 heterocycles. The lowest BCUT2D eigenvalue weighted by molar-refractivity contribution is 0.0102. The fourth-order valence-corrected chi connectivity index (χ4v) is 3.78. The highest BCUT2D eigenvalue weighted by molar-refractivity contribution is 7.89. The third-order valence-electron chi connectivity index (χ3n) is 3.31. The van der Waals surface area contributed by atoms with Crippen LogP contribution in [-0.4, -0.2) is 45.6 Å². The Morgan fingerprint density at radius 3 is 2.85 bits per heavy atom. The fourth-order valence-electron chi connectivity index (χ4n) is 2.23. The van der Waals surface area contributed by atoms with E-state index in [-0.39, 0.29) is 17.5 Å². The molecule has 0 radical (unpaired) electrons. The molecule has 1 aromatic carbocycles. The van der Waals surface area contributed by atoms with Crippen molar-refractivity contribution in [3.05, 3.63) is 23.8 Å². The van der Waals surface area contributed by atoms with Crippen molar-refractivity contribution in [1.29, 1.82) is 0 Å². The summed E-state index contributed by atoms with van der Waals surface area (Å²) in [6, 6.07) is 4.76. The van der Waals surface area contributed by atoms with Crippen LogP contribution in [0, 0.1) is 0 Å². The molecular formula is C13H20N2O4S. The molecule has 2 N–H and O–H groups in total. The van der Waals surface area contributed by atoms with E-state index in [0.29, 0.717) is 31.0 Å². The van der Waals surface area contributed by atoms with E-state index in [0.717, 1.165) is 0 Å². The topological polar surface area (TPSA) is 81.9 Å². The standard InChI is InChI=1S/C13H20N2O4S/c1-10-9-15(5-6-19-10)20(16,17)12-3-4-13(18-2)11(7-12)8-14/h3-4,7,10H,5-6,8-9,14H2,1-2H3. The number of hydrogen-bond donors (Lipinski definition) is 1. The van der Waals surface area contributed by atoms with Crippen LogP contribution in [0.1, 0.15) is 12.5 Å². The van der Waals surface area contributed by atoms with Crippen LogP contribution in [0.5, 0.6) is 5.75 Å². The van der Waals surface area contributed by atoms with Gasteiger partial charge in [-0.1, -0.05) is 0 Å². The highest BCUT2D eigenvalue weighted by atomic mass is 32.2. The van der Waals surface area contributed by atoms with E-state index >= 15 is 0 Å². The molecule has 1 atom stereocenters. The van der Waals surface area contributed by atoms with Crippen molar-refractivity contribution >= 4 is 10.0 Å². The van der Waals surface area contributed by atoms with Crippen LogP contribution in [0.25, 0.3) is 0 Å². The Hall–Kier alpha value is -1.15. The first-order valence-corrected chi connectivity index (χ1v) is 7.91. The van der Waals surface area contributed by atoms with Crippen molar-refractivity contribution in [3.8, 4) is 5.75 Å². The molecule has 1 saturated heterocycles. The number of ether oxygens (including phenoxy) is 2. The number of sulfonamides is 1. The highest BCUT2D eigenvalue weighted by Crippen LogP contribution is 2.25. The zero-order valence-electron chi connectivity index (χ0n) is 11.7. The molecule has 0 aliphatic carbocycles. The largest absolute Gasteiger partial charge is 0.496 e. The maximum absolute atomic E-state index is 12.6. The van der Waals surface area contributed by atoms with E-state index in [1.165, 1.54) is 11.4 Å². The summed E-state index contributed by atoms with van der Waals surface area (Å²) in [7, 11) is -1.98. The molecule has 1 fully saturated rings. The number of benzene rings is 1. The number of morpholine rings is 1. The number of nitrogens with two attached hydrogens (primary N) is 1. The van der Waals surface area contributed by atoms with Crippen LogP contribution in [0.3, 0.4) is 0 Å². The zero-order chi connectivity index (χ0) is 14.8. The Bertz CT molecular complexity index is 574. The van der Waals surface area contributed by atoms with Crippen molar-refractivity contribution in [2.24, 2.45) is 5.73 Å². The summed E-state index contributed by atoms with van der Waals surface area (Å²) in [6.45, 7) is 3.25.